The zero-order chi connectivity index (χ0) is 20.2. The molecule has 0 radical (unpaired) electrons. The smallest absolute Gasteiger partial charge is 0.333 e. The standard InChI is InChI=1S/C19H12F2N4O3/c1-24-14-8-23-13-6-16(28-2)15(26)5-10(13)17(14)25(19(24)27)18-11(20)3-9(7-22)4-12(18)21/h3-6,8,26H,1-2H3. The lowest BCUT2D eigenvalue weighted by atomic mass is 10.1. The van der Waals surface area contributed by atoms with Gasteiger partial charge in [0.05, 0.1) is 41.5 Å². The molecule has 0 saturated heterocycles. The van der Waals surface area contributed by atoms with Crippen LogP contribution in [0.25, 0.3) is 27.6 Å². The first-order valence-electron chi connectivity index (χ1n) is 8.04. The summed E-state index contributed by atoms with van der Waals surface area (Å²) in [6, 6.07) is 6.15. The second-order valence-electron chi connectivity index (χ2n) is 6.11. The fourth-order valence-electron chi connectivity index (χ4n) is 3.23. The largest absolute Gasteiger partial charge is 0.504 e. The van der Waals surface area contributed by atoms with Gasteiger partial charge in [0.2, 0.25) is 0 Å². The van der Waals surface area contributed by atoms with E-state index in [2.05, 4.69) is 4.98 Å². The SMILES string of the molecule is COc1cc2ncc3c(c2cc1O)n(-c1c(F)cc(C#N)cc1F)c(=O)n3C. The van der Waals surface area contributed by atoms with Gasteiger partial charge in [-0.15, -0.1) is 0 Å². The highest BCUT2D eigenvalue weighted by atomic mass is 19.1. The highest BCUT2D eigenvalue weighted by molar-refractivity contribution is 6.04. The molecule has 0 aliphatic heterocycles. The first-order valence-corrected chi connectivity index (χ1v) is 8.04. The number of nitrogens with zero attached hydrogens (tertiary/aromatic N) is 4. The molecule has 9 heteroatoms. The van der Waals surface area contributed by atoms with Crippen LogP contribution < -0.4 is 10.4 Å². The molecule has 0 aliphatic rings. The summed E-state index contributed by atoms with van der Waals surface area (Å²) in [4.78, 5) is 17.1. The minimum Gasteiger partial charge on any atom is -0.504 e. The van der Waals surface area contributed by atoms with Crippen LogP contribution >= 0.6 is 0 Å². The van der Waals surface area contributed by atoms with E-state index in [-0.39, 0.29) is 22.6 Å². The minimum atomic E-state index is -1.06. The molecule has 0 aliphatic carbocycles. The van der Waals surface area contributed by atoms with Gasteiger partial charge in [0, 0.05) is 18.5 Å². The van der Waals surface area contributed by atoms with E-state index in [4.69, 9.17) is 10.00 Å². The number of methoxy groups -OCH3 is 1. The maximum atomic E-state index is 14.7. The number of hydrogen-bond acceptors (Lipinski definition) is 5. The average Bonchev–Trinajstić information content (AvgIpc) is 2.92. The molecule has 0 saturated carbocycles. The molecule has 0 spiro atoms. The van der Waals surface area contributed by atoms with Gasteiger partial charge in [0.25, 0.3) is 0 Å². The molecule has 7 nitrogen and oxygen atoms in total. The Balaban J connectivity index is 2.22. The molecule has 2 aromatic heterocycles. The van der Waals surface area contributed by atoms with Crippen LogP contribution in [0.4, 0.5) is 8.78 Å². The van der Waals surface area contributed by atoms with Gasteiger partial charge < -0.3 is 9.84 Å². The summed E-state index contributed by atoms with van der Waals surface area (Å²) in [7, 11) is 2.82. The number of fused-ring (bicyclic) bond motifs is 3. The van der Waals surface area contributed by atoms with Crippen LogP contribution in [0.1, 0.15) is 5.56 Å². The number of benzene rings is 2. The number of pyridine rings is 1. The number of aryl methyl sites for hydroxylation is 1. The van der Waals surface area contributed by atoms with E-state index in [9.17, 15) is 18.7 Å². The van der Waals surface area contributed by atoms with E-state index in [1.54, 1.807) is 6.07 Å². The van der Waals surface area contributed by atoms with E-state index in [0.29, 0.717) is 16.4 Å². The third-order valence-electron chi connectivity index (χ3n) is 4.55. The highest BCUT2D eigenvalue weighted by Gasteiger charge is 2.23. The van der Waals surface area contributed by atoms with Crippen molar-refractivity contribution >= 4 is 21.9 Å². The van der Waals surface area contributed by atoms with Gasteiger partial charge in [0.15, 0.2) is 23.1 Å². The third kappa shape index (κ3) is 2.31. The molecule has 0 unspecified atom stereocenters. The van der Waals surface area contributed by atoms with Gasteiger partial charge in [-0.2, -0.15) is 5.26 Å². The number of ether oxygens (including phenoxy) is 1. The summed E-state index contributed by atoms with van der Waals surface area (Å²) in [6.45, 7) is 0. The Kier molecular flexibility index (Phi) is 3.78. The zero-order valence-electron chi connectivity index (χ0n) is 14.7. The molecule has 0 amide bonds. The van der Waals surface area contributed by atoms with Crippen molar-refractivity contribution in [3.05, 3.63) is 58.1 Å². The molecule has 2 aromatic carbocycles. The normalized spacial score (nSPS) is 11.1. The Morgan fingerprint density at radius 1 is 1.21 bits per heavy atom. The number of nitriles is 1. The van der Waals surface area contributed by atoms with Gasteiger partial charge in [-0.25, -0.2) is 13.6 Å². The molecule has 4 rings (SSSR count). The molecule has 4 aromatic rings. The second-order valence-corrected chi connectivity index (χ2v) is 6.11. The summed E-state index contributed by atoms with van der Waals surface area (Å²) in [6.07, 6.45) is 1.39. The predicted octanol–water partition coefficient (Wildman–Crippen LogP) is 2.74. The quantitative estimate of drug-likeness (QED) is 0.575. The molecular weight excluding hydrogens is 370 g/mol. The van der Waals surface area contributed by atoms with Crippen LogP contribution in [0, 0.1) is 23.0 Å². The summed E-state index contributed by atoms with van der Waals surface area (Å²) < 4.78 is 36.4. The third-order valence-corrected chi connectivity index (χ3v) is 4.55. The van der Waals surface area contributed by atoms with Gasteiger partial charge in [-0.1, -0.05) is 0 Å². The number of aromatic nitrogens is 3. The van der Waals surface area contributed by atoms with Crippen molar-refractivity contribution in [2.24, 2.45) is 7.05 Å². The summed E-state index contributed by atoms with van der Waals surface area (Å²) in [5.74, 6) is -2.17. The van der Waals surface area contributed by atoms with Crippen LogP contribution in [0.3, 0.4) is 0 Å². The zero-order valence-corrected chi connectivity index (χ0v) is 14.7. The number of phenols is 1. The first kappa shape index (κ1) is 17.5. The van der Waals surface area contributed by atoms with Crippen molar-refractivity contribution in [3.8, 4) is 23.3 Å². The van der Waals surface area contributed by atoms with Gasteiger partial charge in [0.1, 0.15) is 5.69 Å². The van der Waals surface area contributed by atoms with Crippen LogP contribution in [-0.2, 0) is 7.05 Å². The Morgan fingerprint density at radius 3 is 2.50 bits per heavy atom. The summed E-state index contributed by atoms with van der Waals surface area (Å²) >= 11 is 0. The van der Waals surface area contributed by atoms with Crippen molar-refractivity contribution in [1.29, 1.82) is 5.26 Å². The van der Waals surface area contributed by atoms with E-state index in [0.717, 1.165) is 16.7 Å². The lowest BCUT2D eigenvalue weighted by molar-refractivity contribution is 0.374. The molecule has 0 fully saturated rings. The van der Waals surface area contributed by atoms with Crippen molar-refractivity contribution in [2.75, 3.05) is 7.11 Å². The monoisotopic (exact) mass is 382 g/mol. The van der Waals surface area contributed by atoms with E-state index in [1.165, 1.54) is 37.1 Å². The first-order chi connectivity index (χ1) is 13.4. The fourth-order valence-corrected chi connectivity index (χ4v) is 3.23. The van der Waals surface area contributed by atoms with Crippen LogP contribution in [0.2, 0.25) is 0 Å². The van der Waals surface area contributed by atoms with Gasteiger partial charge in [-0.05, 0) is 18.2 Å². The molecule has 140 valence electrons. The summed E-state index contributed by atoms with van der Waals surface area (Å²) in [5.41, 5.74) is -0.695. The molecule has 28 heavy (non-hydrogen) atoms. The number of rotatable bonds is 2. The van der Waals surface area contributed by atoms with Crippen molar-refractivity contribution < 1.29 is 18.6 Å². The van der Waals surface area contributed by atoms with Gasteiger partial charge >= 0.3 is 5.69 Å². The Hall–Kier alpha value is -3.93. The molecule has 1 N–H and O–H groups in total. The van der Waals surface area contributed by atoms with Crippen LogP contribution in [0.5, 0.6) is 11.5 Å². The predicted molar refractivity (Wildman–Crippen MR) is 96.7 cm³/mol. The molecular formula is C19H12F2N4O3. The topological polar surface area (TPSA) is 93.1 Å². The Labute approximate surface area is 156 Å². The lowest BCUT2D eigenvalue weighted by Crippen LogP contribution is -2.22. The average molecular weight is 382 g/mol. The number of halogens is 2. The lowest BCUT2D eigenvalue weighted by Gasteiger charge is -2.10. The number of phenolic OH excluding ortho intramolecular Hbond substituents is 1. The number of hydrogen-bond donors (Lipinski definition) is 1. The molecule has 0 bridgehead atoms. The maximum absolute atomic E-state index is 14.7. The van der Waals surface area contributed by atoms with E-state index in [1.807, 2.05) is 0 Å². The molecule has 0 atom stereocenters. The highest BCUT2D eigenvalue weighted by Crippen LogP contribution is 2.34. The minimum absolute atomic E-state index is 0.165. The summed E-state index contributed by atoms with van der Waals surface area (Å²) in [5, 5.41) is 19.4. The molecule has 2 heterocycles. The number of imidazole rings is 1. The van der Waals surface area contributed by atoms with Crippen molar-refractivity contribution in [3.63, 3.8) is 0 Å². The number of aromatic hydroxyl groups is 1. The van der Waals surface area contributed by atoms with E-state index < -0.39 is 23.0 Å². The second kappa shape index (κ2) is 6.06. The van der Waals surface area contributed by atoms with E-state index >= 15 is 0 Å². The maximum Gasteiger partial charge on any atom is 0.333 e. The van der Waals surface area contributed by atoms with Crippen LogP contribution in [0.15, 0.2) is 35.3 Å². The Bertz CT molecular complexity index is 1360. The van der Waals surface area contributed by atoms with Crippen molar-refractivity contribution in [2.45, 2.75) is 0 Å². The fraction of sp³-hybridized carbons (Fsp3) is 0.105. The Morgan fingerprint density at radius 2 is 1.89 bits per heavy atom. The van der Waals surface area contributed by atoms with Crippen LogP contribution in [-0.4, -0.2) is 26.3 Å². The van der Waals surface area contributed by atoms with Crippen molar-refractivity contribution in [1.82, 2.24) is 14.1 Å². The van der Waals surface area contributed by atoms with Gasteiger partial charge in [-0.3, -0.25) is 14.1 Å².